The van der Waals surface area contributed by atoms with Gasteiger partial charge in [-0.05, 0) is 33.3 Å². The van der Waals surface area contributed by atoms with Crippen molar-refractivity contribution in [3.63, 3.8) is 0 Å². The van der Waals surface area contributed by atoms with Crippen LogP contribution in [-0.2, 0) is 9.47 Å². The van der Waals surface area contributed by atoms with E-state index in [9.17, 15) is 0 Å². The summed E-state index contributed by atoms with van der Waals surface area (Å²) in [6, 6.07) is 0. The first kappa shape index (κ1) is 12.4. The molecule has 0 atom stereocenters. The molecule has 0 saturated heterocycles. The minimum Gasteiger partial charge on any atom is -0.349 e. The first-order valence-corrected chi connectivity index (χ1v) is 4.78. The lowest BCUT2D eigenvalue weighted by molar-refractivity contribution is -0.111. The molecule has 0 aliphatic carbocycles. The molecule has 0 bridgehead atoms. The maximum Gasteiger partial charge on any atom is 0.179 e. The molecule has 0 rings (SSSR count). The van der Waals surface area contributed by atoms with E-state index in [1.54, 1.807) is 0 Å². The highest BCUT2D eigenvalue weighted by molar-refractivity contribution is 5.12. The van der Waals surface area contributed by atoms with E-state index in [1.165, 1.54) is 0 Å². The topological polar surface area (TPSA) is 18.5 Å². The fraction of sp³-hybridized carbons (Fsp3) is 0.636. The summed E-state index contributed by atoms with van der Waals surface area (Å²) >= 11 is 0. The zero-order chi connectivity index (χ0) is 10.1. The first-order valence-electron chi connectivity index (χ1n) is 4.78. The van der Waals surface area contributed by atoms with Crippen molar-refractivity contribution in [1.82, 2.24) is 0 Å². The lowest BCUT2D eigenvalue weighted by Gasteiger charge is -2.17. The molecule has 76 valence electrons. The summed E-state index contributed by atoms with van der Waals surface area (Å²) in [6.45, 7) is 9.28. The second-order valence-electron chi connectivity index (χ2n) is 2.68. The summed E-state index contributed by atoms with van der Waals surface area (Å²) in [5.41, 5.74) is 1.10. The van der Waals surface area contributed by atoms with Gasteiger partial charge in [0.2, 0.25) is 0 Å². The molecular formula is C11H20O2. The SMILES string of the molecule is CC=CC=C(C)C(OCC)OCC. The van der Waals surface area contributed by atoms with Crippen molar-refractivity contribution in [1.29, 1.82) is 0 Å². The summed E-state index contributed by atoms with van der Waals surface area (Å²) in [6.07, 6.45) is 5.79. The lowest BCUT2D eigenvalue weighted by Crippen LogP contribution is -2.18. The maximum absolute atomic E-state index is 5.42. The monoisotopic (exact) mass is 184 g/mol. The van der Waals surface area contributed by atoms with E-state index in [0.717, 1.165) is 5.57 Å². The van der Waals surface area contributed by atoms with E-state index in [0.29, 0.717) is 13.2 Å². The summed E-state index contributed by atoms with van der Waals surface area (Å²) < 4.78 is 10.8. The minimum absolute atomic E-state index is 0.189. The Morgan fingerprint density at radius 3 is 2.15 bits per heavy atom. The van der Waals surface area contributed by atoms with Crippen LogP contribution in [0.3, 0.4) is 0 Å². The van der Waals surface area contributed by atoms with Crippen LogP contribution in [-0.4, -0.2) is 19.5 Å². The van der Waals surface area contributed by atoms with Gasteiger partial charge in [-0.3, -0.25) is 0 Å². The normalized spacial score (nSPS) is 13.2. The van der Waals surface area contributed by atoms with Crippen molar-refractivity contribution < 1.29 is 9.47 Å². The molecule has 0 radical (unpaired) electrons. The first-order chi connectivity index (χ1) is 6.26. The zero-order valence-electron chi connectivity index (χ0n) is 9.04. The zero-order valence-corrected chi connectivity index (χ0v) is 9.04. The van der Waals surface area contributed by atoms with Gasteiger partial charge in [-0.2, -0.15) is 0 Å². The summed E-state index contributed by atoms with van der Waals surface area (Å²) in [5, 5.41) is 0. The van der Waals surface area contributed by atoms with Gasteiger partial charge < -0.3 is 9.47 Å². The van der Waals surface area contributed by atoms with Crippen molar-refractivity contribution in [2.24, 2.45) is 0 Å². The van der Waals surface area contributed by atoms with Crippen molar-refractivity contribution >= 4 is 0 Å². The average molecular weight is 184 g/mol. The van der Waals surface area contributed by atoms with E-state index in [1.807, 2.05) is 45.9 Å². The van der Waals surface area contributed by atoms with Crippen LogP contribution in [0.4, 0.5) is 0 Å². The van der Waals surface area contributed by atoms with Crippen LogP contribution in [0.2, 0.25) is 0 Å². The van der Waals surface area contributed by atoms with E-state index in [2.05, 4.69) is 0 Å². The van der Waals surface area contributed by atoms with Gasteiger partial charge in [0.05, 0.1) is 0 Å². The molecule has 0 amide bonds. The van der Waals surface area contributed by atoms with Gasteiger partial charge in [0.15, 0.2) is 6.29 Å². The van der Waals surface area contributed by atoms with Crippen molar-refractivity contribution in [3.05, 3.63) is 23.8 Å². The molecule has 0 aliphatic heterocycles. The molecule has 0 unspecified atom stereocenters. The van der Waals surface area contributed by atoms with Crippen LogP contribution in [0.1, 0.15) is 27.7 Å². The third-order valence-corrected chi connectivity index (χ3v) is 1.56. The Kier molecular flexibility index (Phi) is 7.65. The molecule has 0 spiro atoms. The minimum atomic E-state index is -0.189. The maximum atomic E-state index is 5.42. The van der Waals surface area contributed by atoms with Gasteiger partial charge in [-0.1, -0.05) is 18.2 Å². The van der Waals surface area contributed by atoms with Crippen LogP contribution in [0.25, 0.3) is 0 Å². The Morgan fingerprint density at radius 1 is 1.23 bits per heavy atom. The summed E-state index contributed by atoms with van der Waals surface area (Å²) in [7, 11) is 0. The number of rotatable bonds is 6. The second-order valence-corrected chi connectivity index (χ2v) is 2.68. The summed E-state index contributed by atoms with van der Waals surface area (Å²) in [4.78, 5) is 0. The van der Waals surface area contributed by atoms with E-state index in [4.69, 9.17) is 9.47 Å². The summed E-state index contributed by atoms with van der Waals surface area (Å²) in [5.74, 6) is 0. The lowest BCUT2D eigenvalue weighted by atomic mass is 10.2. The van der Waals surface area contributed by atoms with Gasteiger partial charge in [0.1, 0.15) is 0 Å². The molecular weight excluding hydrogens is 164 g/mol. The standard InChI is InChI=1S/C11H20O2/c1-5-8-9-10(4)11(12-6-2)13-7-3/h5,8-9,11H,6-7H2,1-4H3. The Balaban J connectivity index is 4.16. The number of hydrogen-bond acceptors (Lipinski definition) is 2. The van der Waals surface area contributed by atoms with Crippen LogP contribution in [0, 0.1) is 0 Å². The number of hydrogen-bond donors (Lipinski definition) is 0. The van der Waals surface area contributed by atoms with Crippen LogP contribution in [0.5, 0.6) is 0 Å². The highest BCUT2D eigenvalue weighted by Gasteiger charge is 2.08. The predicted molar refractivity (Wildman–Crippen MR) is 55.6 cm³/mol. The van der Waals surface area contributed by atoms with E-state index < -0.39 is 0 Å². The highest BCUT2D eigenvalue weighted by atomic mass is 16.7. The smallest absolute Gasteiger partial charge is 0.179 e. The largest absolute Gasteiger partial charge is 0.349 e. The quantitative estimate of drug-likeness (QED) is 0.467. The molecule has 2 heteroatoms. The fourth-order valence-corrected chi connectivity index (χ4v) is 0.940. The van der Waals surface area contributed by atoms with Crippen molar-refractivity contribution in [2.75, 3.05) is 13.2 Å². The molecule has 0 aromatic carbocycles. The molecule has 0 saturated carbocycles. The average Bonchev–Trinajstić information content (AvgIpc) is 2.14. The molecule has 0 fully saturated rings. The van der Waals surface area contributed by atoms with E-state index >= 15 is 0 Å². The van der Waals surface area contributed by atoms with Gasteiger partial charge in [0.25, 0.3) is 0 Å². The Morgan fingerprint density at radius 2 is 1.77 bits per heavy atom. The van der Waals surface area contributed by atoms with Crippen molar-refractivity contribution in [3.8, 4) is 0 Å². The van der Waals surface area contributed by atoms with Crippen LogP contribution < -0.4 is 0 Å². The van der Waals surface area contributed by atoms with Gasteiger partial charge >= 0.3 is 0 Å². The fourth-order valence-electron chi connectivity index (χ4n) is 0.940. The second kappa shape index (κ2) is 8.02. The molecule has 0 aromatic heterocycles. The molecule has 0 heterocycles. The Labute approximate surface area is 81.2 Å². The Hall–Kier alpha value is -0.600. The highest BCUT2D eigenvalue weighted by Crippen LogP contribution is 2.08. The molecule has 13 heavy (non-hydrogen) atoms. The molecule has 0 N–H and O–H groups in total. The number of ether oxygens (including phenoxy) is 2. The van der Waals surface area contributed by atoms with Crippen LogP contribution in [0.15, 0.2) is 23.8 Å². The van der Waals surface area contributed by atoms with Crippen LogP contribution >= 0.6 is 0 Å². The van der Waals surface area contributed by atoms with Crippen molar-refractivity contribution in [2.45, 2.75) is 34.0 Å². The van der Waals surface area contributed by atoms with E-state index in [-0.39, 0.29) is 6.29 Å². The van der Waals surface area contributed by atoms with Gasteiger partial charge in [-0.25, -0.2) is 0 Å². The molecule has 0 aromatic rings. The van der Waals surface area contributed by atoms with Gasteiger partial charge in [-0.15, -0.1) is 0 Å². The molecule has 2 nitrogen and oxygen atoms in total. The van der Waals surface area contributed by atoms with Gasteiger partial charge in [0, 0.05) is 13.2 Å². The molecule has 0 aliphatic rings. The Bertz CT molecular complexity index is 165. The third kappa shape index (κ3) is 5.61. The number of allylic oxidation sites excluding steroid dienone is 3. The third-order valence-electron chi connectivity index (χ3n) is 1.56. The predicted octanol–water partition coefficient (Wildman–Crippen LogP) is 2.91.